The lowest BCUT2D eigenvalue weighted by Crippen LogP contribution is -2.36. The highest BCUT2D eigenvalue weighted by molar-refractivity contribution is 6.02. The molecule has 0 aliphatic rings. The second-order valence-corrected chi connectivity index (χ2v) is 6.34. The highest BCUT2D eigenvalue weighted by atomic mass is 16.2. The van der Waals surface area contributed by atoms with Gasteiger partial charge in [0.15, 0.2) is 0 Å². The zero-order valence-electron chi connectivity index (χ0n) is 15.1. The number of hydrogen-bond donors (Lipinski definition) is 3. The summed E-state index contributed by atoms with van der Waals surface area (Å²) >= 11 is 0. The number of nitrogens with one attached hydrogen (secondary N) is 2. The third-order valence-electron chi connectivity index (χ3n) is 4.22. The van der Waals surface area contributed by atoms with E-state index in [1.165, 1.54) is 4.90 Å². The molecule has 0 saturated heterocycles. The van der Waals surface area contributed by atoms with E-state index in [0.29, 0.717) is 17.8 Å². The smallest absolute Gasteiger partial charge is 0.255 e. The SMILES string of the molecule is CN(C)C(=O)c1cccc(Nc2c(NCc3ccccc3)c(=O)c2=O)c1N. The third-order valence-corrected chi connectivity index (χ3v) is 4.22. The number of carbonyl (C=O) groups excluding carboxylic acids is 1. The van der Waals surface area contributed by atoms with Crippen LogP contribution >= 0.6 is 0 Å². The summed E-state index contributed by atoms with van der Waals surface area (Å²) in [6.07, 6.45) is 0. The maximum Gasteiger partial charge on any atom is 0.255 e. The Bertz CT molecular complexity index is 1050. The van der Waals surface area contributed by atoms with Gasteiger partial charge in [-0.2, -0.15) is 0 Å². The number of hydrogen-bond acceptors (Lipinski definition) is 6. The Labute approximate surface area is 156 Å². The average Bonchev–Trinajstić information content (AvgIpc) is 2.68. The van der Waals surface area contributed by atoms with Gasteiger partial charge < -0.3 is 21.3 Å². The first-order chi connectivity index (χ1) is 12.9. The number of amides is 1. The zero-order chi connectivity index (χ0) is 19.6. The summed E-state index contributed by atoms with van der Waals surface area (Å²) in [5, 5.41) is 5.89. The van der Waals surface area contributed by atoms with Crippen molar-refractivity contribution in [2.75, 3.05) is 30.5 Å². The van der Waals surface area contributed by atoms with Crippen LogP contribution in [0.3, 0.4) is 0 Å². The van der Waals surface area contributed by atoms with Crippen LogP contribution in [0.1, 0.15) is 15.9 Å². The largest absolute Gasteiger partial charge is 0.396 e. The van der Waals surface area contributed by atoms with Gasteiger partial charge in [-0.1, -0.05) is 36.4 Å². The van der Waals surface area contributed by atoms with Gasteiger partial charge >= 0.3 is 0 Å². The van der Waals surface area contributed by atoms with E-state index in [1.807, 2.05) is 30.3 Å². The number of rotatable bonds is 6. The van der Waals surface area contributed by atoms with Gasteiger partial charge in [-0.05, 0) is 17.7 Å². The van der Waals surface area contributed by atoms with Crippen LogP contribution in [0, 0.1) is 0 Å². The second kappa shape index (κ2) is 7.33. The highest BCUT2D eigenvalue weighted by Gasteiger charge is 2.22. The van der Waals surface area contributed by atoms with Crippen LogP contribution in [0.4, 0.5) is 22.7 Å². The Morgan fingerprint density at radius 1 is 0.963 bits per heavy atom. The zero-order valence-corrected chi connectivity index (χ0v) is 15.1. The Balaban J connectivity index is 1.84. The standard InChI is InChI=1S/C20H20N4O3/c1-24(2)20(27)13-9-6-10-14(15(13)21)23-17-16(18(25)19(17)26)22-11-12-7-4-3-5-8-12/h3-10,22-23H,11,21H2,1-2H3. The molecule has 3 rings (SSSR count). The minimum atomic E-state index is -0.616. The number of benzene rings is 2. The fourth-order valence-corrected chi connectivity index (χ4v) is 2.70. The lowest BCUT2D eigenvalue weighted by Gasteiger charge is -2.18. The molecule has 138 valence electrons. The molecule has 1 amide bonds. The second-order valence-electron chi connectivity index (χ2n) is 6.34. The molecule has 0 aliphatic heterocycles. The van der Waals surface area contributed by atoms with E-state index >= 15 is 0 Å². The van der Waals surface area contributed by atoms with Gasteiger partial charge in [-0.25, -0.2) is 0 Å². The first-order valence-electron chi connectivity index (χ1n) is 8.38. The van der Waals surface area contributed by atoms with Gasteiger partial charge in [-0.15, -0.1) is 0 Å². The fourth-order valence-electron chi connectivity index (χ4n) is 2.70. The fraction of sp³-hybridized carbons (Fsp3) is 0.150. The molecular formula is C20H20N4O3. The summed E-state index contributed by atoms with van der Waals surface area (Å²) in [7, 11) is 3.26. The van der Waals surface area contributed by atoms with E-state index in [1.54, 1.807) is 32.3 Å². The van der Waals surface area contributed by atoms with Crippen LogP contribution in [-0.4, -0.2) is 24.9 Å². The number of nitrogens with zero attached hydrogens (tertiary/aromatic N) is 1. The molecule has 0 fully saturated rings. The summed E-state index contributed by atoms with van der Waals surface area (Å²) in [4.78, 5) is 37.5. The molecule has 0 unspecified atom stereocenters. The molecule has 0 saturated carbocycles. The van der Waals surface area contributed by atoms with E-state index < -0.39 is 10.9 Å². The highest BCUT2D eigenvalue weighted by Crippen LogP contribution is 2.28. The normalized spacial score (nSPS) is 10.6. The van der Waals surface area contributed by atoms with Crippen LogP contribution < -0.4 is 27.2 Å². The summed E-state index contributed by atoms with van der Waals surface area (Å²) in [5.41, 5.74) is 7.19. The first-order valence-corrected chi connectivity index (χ1v) is 8.38. The molecule has 4 N–H and O–H groups in total. The minimum Gasteiger partial charge on any atom is -0.396 e. The molecule has 7 nitrogen and oxygen atoms in total. The Hall–Kier alpha value is -3.61. The molecule has 0 aromatic heterocycles. The Kier molecular flexibility index (Phi) is 4.94. The molecule has 27 heavy (non-hydrogen) atoms. The van der Waals surface area contributed by atoms with Crippen molar-refractivity contribution in [2.24, 2.45) is 0 Å². The quantitative estimate of drug-likeness (QED) is 0.456. The molecule has 0 radical (unpaired) electrons. The van der Waals surface area contributed by atoms with Crippen molar-refractivity contribution in [1.82, 2.24) is 4.90 Å². The summed E-state index contributed by atoms with van der Waals surface area (Å²) < 4.78 is 0. The predicted molar refractivity (Wildman–Crippen MR) is 107 cm³/mol. The molecule has 0 spiro atoms. The van der Waals surface area contributed by atoms with Crippen LogP contribution in [0.2, 0.25) is 0 Å². The molecule has 0 aliphatic carbocycles. The van der Waals surface area contributed by atoms with Crippen LogP contribution in [-0.2, 0) is 6.54 Å². The molecule has 3 aromatic rings. The maximum absolute atomic E-state index is 12.2. The molecule has 7 heteroatoms. The van der Waals surface area contributed by atoms with Gasteiger partial charge in [-0.3, -0.25) is 14.4 Å². The molecule has 3 aromatic carbocycles. The molecule has 0 atom stereocenters. The summed E-state index contributed by atoms with van der Waals surface area (Å²) in [6, 6.07) is 14.5. The molecule has 0 heterocycles. The van der Waals surface area contributed by atoms with E-state index in [0.717, 1.165) is 5.56 Å². The van der Waals surface area contributed by atoms with Gasteiger partial charge in [0.2, 0.25) is 0 Å². The minimum absolute atomic E-state index is 0.150. The van der Waals surface area contributed by atoms with E-state index in [-0.39, 0.29) is 23.0 Å². The van der Waals surface area contributed by atoms with Gasteiger partial charge in [0, 0.05) is 20.6 Å². The van der Waals surface area contributed by atoms with Crippen molar-refractivity contribution >= 4 is 28.7 Å². The van der Waals surface area contributed by atoms with Gasteiger partial charge in [0.05, 0.1) is 16.9 Å². The third kappa shape index (κ3) is 3.52. The van der Waals surface area contributed by atoms with Gasteiger partial charge in [0.1, 0.15) is 11.4 Å². The van der Waals surface area contributed by atoms with Gasteiger partial charge in [0.25, 0.3) is 16.8 Å². The van der Waals surface area contributed by atoms with Crippen LogP contribution in [0.25, 0.3) is 0 Å². The Morgan fingerprint density at radius 2 is 1.63 bits per heavy atom. The van der Waals surface area contributed by atoms with Crippen molar-refractivity contribution in [3.63, 3.8) is 0 Å². The number of anilines is 4. The summed E-state index contributed by atoms with van der Waals surface area (Å²) in [6.45, 7) is 0.412. The van der Waals surface area contributed by atoms with Crippen molar-refractivity contribution < 1.29 is 4.79 Å². The summed E-state index contributed by atoms with van der Waals surface area (Å²) in [5.74, 6) is -0.247. The van der Waals surface area contributed by atoms with Crippen molar-refractivity contribution in [3.8, 4) is 0 Å². The Morgan fingerprint density at radius 3 is 2.30 bits per heavy atom. The molecule has 0 bridgehead atoms. The number of carbonyl (C=O) groups is 1. The number of nitrogens with two attached hydrogens (primary N) is 1. The molecular weight excluding hydrogens is 344 g/mol. The topological polar surface area (TPSA) is 105 Å². The lowest BCUT2D eigenvalue weighted by atomic mass is 10.1. The predicted octanol–water partition coefficient (Wildman–Crippen LogP) is 1.92. The maximum atomic E-state index is 12.2. The first kappa shape index (κ1) is 18.2. The van der Waals surface area contributed by atoms with Crippen LogP contribution in [0.5, 0.6) is 0 Å². The van der Waals surface area contributed by atoms with E-state index in [9.17, 15) is 14.4 Å². The van der Waals surface area contributed by atoms with E-state index in [4.69, 9.17) is 5.73 Å². The monoisotopic (exact) mass is 364 g/mol. The number of nitrogen functional groups attached to an aromatic ring is 1. The number of para-hydroxylation sites is 1. The van der Waals surface area contributed by atoms with Crippen LogP contribution in [0.15, 0.2) is 58.1 Å². The lowest BCUT2D eigenvalue weighted by molar-refractivity contribution is 0.0828. The average molecular weight is 364 g/mol. The van der Waals surface area contributed by atoms with E-state index in [2.05, 4.69) is 10.6 Å². The van der Waals surface area contributed by atoms with Crippen molar-refractivity contribution in [1.29, 1.82) is 0 Å². The van der Waals surface area contributed by atoms with Crippen molar-refractivity contribution in [3.05, 3.63) is 80.1 Å². The van der Waals surface area contributed by atoms with Crippen molar-refractivity contribution in [2.45, 2.75) is 6.54 Å².